The molecule has 0 atom stereocenters. The summed E-state index contributed by atoms with van der Waals surface area (Å²) in [5.41, 5.74) is 11.1. The molecular weight excluding hydrogens is 244 g/mol. The van der Waals surface area contributed by atoms with Crippen molar-refractivity contribution in [3.05, 3.63) is 22.7 Å². The second kappa shape index (κ2) is 4.92. The normalized spacial score (nSPS) is 13.7. The van der Waals surface area contributed by atoms with Crippen molar-refractivity contribution in [2.75, 3.05) is 13.2 Å². The van der Waals surface area contributed by atoms with Crippen molar-refractivity contribution >= 4 is 23.8 Å². The Morgan fingerprint density at radius 3 is 2.88 bits per heavy atom. The summed E-state index contributed by atoms with van der Waals surface area (Å²) in [4.78, 5) is 0. The first-order chi connectivity index (χ1) is 8.16. The fourth-order valence-corrected chi connectivity index (χ4v) is 1.67. The molecule has 0 fully saturated rings. The van der Waals surface area contributed by atoms with Crippen molar-refractivity contribution in [3.8, 4) is 11.5 Å². The second-order valence-corrected chi connectivity index (χ2v) is 3.74. The molecule has 0 saturated carbocycles. The number of halogens is 1. The fraction of sp³-hybridized carbons (Fsp3) is 0.200. The standard InChI is InChI=1S/C10H11ClN4O2/c11-7-3-6(5-14-15-10(12)13)4-8-9(7)17-2-1-16-8/h3-5H,1-2H2,(H4,12,13,15)/p+1/b14-5-. The number of rotatable bonds is 2. The zero-order chi connectivity index (χ0) is 12.3. The highest BCUT2D eigenvalue weighted by atomic mass is 35.5. The van der Waals surface area contributed by atoms with E-state index in [0.29, 0.717) is 29.7 Å². The van der Waals surface area contributed by atoms with E-state index in [2.05, 4.69) is 10.2 Å². The van der Waals surface area contributed by atoms with Crippen LogP contribution in [0.3, 0.4) is 0 Å². The van der Waals surface area contributed by atoms with E-state index in [9.17, 15) is 0 Å². The average molecular weight is 256 g/mol. The number of ether oxygens (including phenoxy) is 2. The highest BCUT2D eigenvalue weighted by Crippen LogP contribution is 2.37. The zero-order valence-corrected chi connectivity index (χ0v) is 9.70. The fourth-order valence-electron chi connectivity index (χ4n) is 1.40. The Bertz CT molecular complexity index is 483. The van der Waals surface area contributed by atoms with Gasteiger partial charge in [-0.25, -0.2) is 0 Å². The highest BCUT2D eigenvalue weighted by Gasteiger charge is 2.16. The van der Waals surface area contributed by atoms with Gasteiger partial charge in [-0.05, 0) is 12.1 Å². The van der Waals surface area contributed by atoms with E-state index in [1.807, 2.05) is 0 Å². The molecule has 1 heterocycles. The lowest BCUT2D eigenvalue weighted by molar-refractivity contribution is -0.456. The molecule has 0 radical (unpaired) electrons. The van der Waals surface area contributed by atoms with Gasteiger partial charge in [0.05, 0.1) is 5.02 Å². The van der Waals surface area contributed by atoms with Gasteiger partial charge in [-0.1, -0.05) is 11.6 Å². The molecular formula is C10H12ClN4O2+. The molecule has 0 aromatic heterocycles. The summed E-state index contributed by atoms with van der Waals surface area (Å²) < 4.78 is 10.8. The molecule has 1 aromatic carbocycles. The van der Waals surface area contributed by atoms with Crippen LogP contribution in [0.2, 0.25) is 5.02 Å². The van der Waals surface area contributed by atoms with E-state index in [1.165, 1.54) is 0 Å². The summed E-state index contributed by atoms with van der Waals surface area (Å²) in [5, 5.41) is 6.69. The number of nitrogens with one attached hydrogen (secondary N) is 1. The quantitative estimate of drug-likeness (QED) is 0.351. The molecule has 17 heavy (non-hydrogen) atoms. The van der Waals surface area contributed by atoms with Gasteiger partial charge < -0.3 is 20.9 Å². The van der Waals surface area contributed by atoms with Gasteiger partial charge in [0.1, 0.15) is 13.2 Å². The van der Waals surface area contributed by atoms with Gasteiger partial charge in [0.2, 0.25) is 6.21 Å². The van der Waals surface area contributed by atoms with Crippen LogP contribution in [0.25, 0.3) is 0 Å². The Morgan fingerprint density at radius 2 is 2.12 bits per heavy atom. The predicted molar refractivity (Wildman–Crippen MR) is 64.4 cm³/mol. The topological polar surface area (TPSA) is 96.8 Å². The smallest absolute Gasteiger partial charge is 0.256 e. The Kier molecular flexibility index (Phi) is 3.34. The molecule has 0 amide bonds. The molecule has 0 bridgehead atoms. The first-order valence-electron chi connectivity index (χ1n) is 4.93. The zero-order valence-electron chi connectivity index (χ0n) is 8.94. The third-order valence-corrected chi connectivity index (χ3v) is 2.32. The predicted octanol–water partition coefficient (Wildman–Crippen LogP) is -1.20. The summed E-state index contributed by atoms with van der Waals surface area (Å²) in [7, 11) is 0. The summed E-state index contributed by atoms with van der Waals surface area (Å²) in [5.74, 6) is 1.13. The van der Waals surface area contributed by atoms with Gasteiger partial charge in [-0.3, -0.25) is 0 Å². The average Bonchev–Trinajstić information content (AvgIpc) is 2.28. The van der Waals surface area contributed by atoms with Crippen molar-refractivity contribution in [3.63, 3.8) is 0 Å². The molecule has 0 saturated heterocycles. The van der Waals surface area contributed by atoms with Crippen LogP contribution < -0.4 is 26.0 Å². The van der Waals surface area contributed by atoms with E-state index in [0.717, 1.165) is 5.56 Å². The van der Waals surface area contributed by atoms with Crippen molar-refractivity contribution in [2.24, 2.45) is 16.6 Å². The lowest BCUT2D eigenvalue weighted by atomic mass is 10.2. The van der Waals surface area contributed by atoms with Crippen molar-refractivity contribution in [1.29, 1.82) is 0 Å². The first kappa shape index (κ1) is 11.5. The van der Waals surface area contributed by atoms with Gasteiger partial charge in [0.15, 0.2) is 11.5 Å². The largest absolute Gasteiger partial charge is 0.486 e. The Morgan fingerprint density at radius 1 is 1.35 bits per heavy atom. The summed E-state index contributed by atoms with van der Waals surface area (Å²) in [6, 6.07) is 3.51. The minimum atomic E-state index is -0.0510. The minimum absolute atomic E-state index is 0.0510. The van der Waals surface area contributed by atoms with Crippen LogP contribution in [0.5, 0.6) is 11.5 Å². The number of guanidine groups is 1. The SMILES string of the molecule is NC(N)=N/[NH+]=C\c1cc(Cl)c2c(c1)OCCO2. The van der Waals surface area contributed by atoms with E-state index in [-0.39, 0.29) is 5.96 Å². The highest BCUT2D eigenvalue weighted by molar-refractivity contribution is 6.32. The molecule has 1 aliphatic heterocycles. The van der Waals surface area contributed by atoms with Crippen LogP contribution in [0.4, 0.5) is 0 Å². The van der Waals surface area contributed by atoms with Crippen molar-refractivity contribution in [1.82, 2.24) is 0 Å². The van der Waals surface area contributed by atoms with E-state index < -0.39 is 0 Å². The maximum absolute atomic E-state index is 6.05. The number of hydrogen-bond donors (Lipinski definition) is 3. The molecule has 5 N–H and O–H groups in total. The van der Waals surface area contributed by atoms with Gasteiger partial charge in [0, 0.05) is 10.7 Å². The maximum Gasteiger partial charge on any atom is 0.256 e. The number of nitrogens with two attached hydrogens (primary N) is 2. The van der Waals surface area contributed by atoms with Gasteiger partial charge in [0.25, 0.3) is 5.96 Å². The monoisotopic (exact) mass is 255 g/mol. The van der Waals surface area contributed by atoms with Crippen LogP contribution in [0, 0.1) is 0 Å². The van der Waals surface area contributed by atoms with E-state index >= 15 is 0 Å². The molecule has 1 aliphatic rings. The lowest BCUT2D eigenvalue weighted by Gasteiger charge is -2.19. The van der Waals surface area contributed by atoms with Crippen LogP contribution in [0.15, 0.2) is 17.2 Å². The van der Waals surface area contributed by atoms with Crippen molar-refractivity contribution in [2.45, 2.75) is 0 Å². The Hall–Kier alpha value is -1.95. The number of nitrogens with zero attached hydrogens (tertiary/aromatic N) is 1. The third kappa shape index (κ3) is 2.79. The van der Waals surface area contributed by atoms with Gasteiger partial charge in [-0.15, -0.1) is 5.10 Å². The van der Waals surface area contributed by atoms with Crippen LogP contribution >= 0.6 is 11.6 Å². The molecule has 2 rings (SSSR count). The molecule has 6 nitrogen and oxygen atoms in total. The molecule has 0 spiro atoms. The van der Waals surface area contributed by atoms with Gasteiger partial charge in [-0.2, -0.15) is 0 Å². The Labute approximate surface area is 103 Å². The molecule has 7 heteroatoms. The minimum Gasteiger partial charge on any atom is -0.486 e. The van der Waals surface area contributed by atoms with Gasteiger partial charge >= 0.3 is 0 Å². The molecule has 0 aliphatic carbocycles. The van der Waals surface area contributed by atoms with Crippen LogP contribution in [-0.4, -0.2) is 25.4 Å². The third-order valence-electron chi connectivity index (χ3n) is 2.04. The van der Waals surface area contributed by atoms with Crippen LogP contribution in [-0.2, 0) is 0 Å². The maximum atomic E-state index is 6.05. The summed E-state index contributed by atoms with van der Waals surface area (Å²) in [6.07, 6.45) is 1.60. The summed E-state index contributed by atoms with van der Waals surface area (Å²) in [6.45, 7) is 1.01. The molecule has 1 aromatic rings. The number of hydrogen-bond acceptors (Lipinski definition) is 3. The van der Waals surface area contributed by atoms with Crippen LogP contribution in [0.1, 0.15) is 5.56 Å². The van der Waals surface area contributed by atoms with E-state index in [4.69, 9.17) is 32.5 Å². The number of hydrazone groups is 1. The number of fused-ring (bicyclic) bond motifs is 1. The second-order valence-electron chi connectivity index (χ2n) is 3.34. The summed E-state index contributed by atoms with van der Waals surface area (Å²) >= 11 is 6.05. The first-order valence-corrected chi connectivity index (χ1v) is 5.31. The van der Waals surface area contributed by atoms with Crippen molar-refractivity contribution < 1.29 is 14.6 Å². The number of benzene rings is 1. The molecule has 0 unspecified atom stereocenters. The van der Waals surface area contributed by atoms with E-state index in [1.54, 1.807) is 18.3 Å². The molecule has 90 valence electrons. The Balaban J connectivity index is 2.28. The lowest BCUT2D eigenvalue weighted by Crippen LogP contribution is -2.63.